The standard InChI is InChI=1S/C28H36N4O2/c1-7-28(8-2,21-13-9-19(3)10-14-21)31-26(33)23-18-29-32-25(23)30-24(17-27(32,4)5)20-11-15-22(34-6)16-12-20/h9-16,18,24,30H,7-8,17H2,1-6H3,(H,31,33). The summed E-state index contributed by atoms with van der Waals surface area (Å²) in [4.78, 5) is 13.7. The summed E-state index contributed by atoms with van der Waals surface area (Å²) in [5.74, 6) is 1.49. The molecule has 1 aliphatic rings. The molecule has 180 valence electrons. The van der Waals surface area contributed by atoms with Gasteiger partial charge in [0.2, 0.25) is 0 Å². The van der Waals surface area contributed by atoms with Gasteiger partial charge in [0.1, 0.15) is 17.1 Å². The quantitative estimate of drug-likeness (QED) is 0.458. The van der Waals surface area contributed by atoms with Crippen molar-refractivity contribution in [3.63, 3.8) is 0 Å². The number of nitrogens with one attached hydrogen (secondary N) is 2. The summed E-state index contributed by atoms with van der Waals surface area (Å²) >= 11 is 0. The zero-order valence-corrected chi connectivity index (χ0v) is 21.1. The first-order valence-corrected chi connectivity index (χ1v) is 12.1. The van der Waals surface area contributed by atoms with Crippen LogP contribution in [0, 0.1) is 6.92 Å². The number of ether oxygens (including phenoxy) is 1. The van der Waals surface area contributed by atoms with E-state index in [1.165, 1.54) is 5.56 Å². The van der Waals surface area contributed by atoms with Crippen molar-refractivity contribution < 1.29 is 9.53 Å². The molecular weight excluding hydrogens is 424 g/mol. The minimum Gasteiger partial charge on any atom is -0.497 e. The van der Waals surface area contributed by atoms with E-state index in [0.717, 1.165) is 42.0 Å². The van der Waals surface area contributed by atoms with Crippen LogP contribution in [0.3, 0.4) is 0 Å². The number of hydrogen-bond donors (Lipinski definition) is 2. The predicted molar refractivity (Wildman–Crippen MR) is 136 cm³/mol. The molecule has 0 fully saturated rings. The van der Waals surface area contributed by atoms with Crippen LogP contribution in [-0.2, 0) is 11.1 Å². The van der Waals surface area contributed by atoms with Crippen LogP contribution in [-0.4, -0.2) is 22.8 Å². The highest BCUT2D eigenvalue weighted by Crippen LogP contribution is 2.40. The summed E-state index contributed by atoms with van der Waals surface area (Å²) in [7, 11) is 1.67. The van der Waals surface area contributed by atoms with Gasteiger partial charge >= 0.3 is 0 Å². The first-order chi connectivity index (χ1) is 16.2. The van der Waals surface area contributed by atoms with Crippen molar-refractivity contribution in [2.45, 2.75) is 71.0 Å². The Labute approximate surface area is 202 Å². The highest BCUT2D eigenvalue weighted by Gasteiger charge is 2.38. The lowest BCUT2D eigenvalue weighted by Gasteiger charge is -2.39. The average molecular weight is 461 g/mol. The van der Waals surface area contributed by atoms with Gasteiger partial charge in [-0.3, -0.25) is 4.79 Å². The Kier molecular flexibility index (Phi) is 6.43. The monoisotopic (exact) mass is 460 g/mol. The molecule has 1 aliphatic heterocycles. The maximum absolute atomic E-state index is 13.7. The van der Waals surface area contributed by atoms with Crippen LogP contribution in [0.1, 0.15) is 80.0 Å². The number of nitrogens with zero attached hydrogens (tertiary/aromatic N) is 2. The molecule has 2 aromatic carbocycles. The van der Waals surface area contributed by atoms with Crippen molar-refractivity contribution in [3.05, 3.63) is 77.0 Å². The Bertz CT molecular complexity index is 1140. The van der Waals surface area contributed by atoms with Gasteiger partial charge in [-0.25, -0.2) is 4.68 Å². The third-order valence-corrected chi connectivity index (χ3v) is 7.28. The molecule has 6 nitrogen and oxygen atoms in total. The van der Waals surface area contributed by atoms with E-state index in [0.29, 0.717) is 5.56 Å². The van der Waals surface area contributed by atoms with Crippen LogP contribution in [0.4, 0.5) is 5.82 Å². The van der Waals surface area contributed by atoms with Crippen LogP contribution in [0.25, 0.3) is 0 Å². The smallest absolute Gasteiger partial charge is 0.257 e. The molecule has 0 aliphatic carbocycles. The minimum absolute atomic E-state index is 0.0656. The summed E-state index contributed by atoms with van der Waals surface area (Å²) in [6.07, 6.45) is 4.15. The second-order valence-corrected chi connectivity index (χ2v) is 9.91. The first kappa shape index (κ1) is 23.9. The molecule has 0 bridgehead atoms. The van der Waals surface area contributed by atoms with E-state index in [2.05, 4.69) is 86.7 Å². The lowest BCUT2D eigenvalue weighted by Crippen LogP contribution is -2.45. The molecule has 6 heteroatoms. The summed E-state index contributed by atoms with van der Waals surface area (Å²) in [5.41, 5.74) is 3.39. The largest absolute Gasteiger partial charge is 0.497 e. The van der Waals surface area contributed by atoms with E-state index in [4.69, 9.17) is 4.74 Å². The molecular formula is C28H36N4O2. The summed E-state index contributed by atoms with van der Waals surface area (Å²) in [6.45, 7) is 10.7. The summed E-state index contributed by atoms with van der Waals surface area (Å²) < 4.78 is 7.27. The van der Waals surface area contributed by atoms with E-state index in [9.17, 15) is 4.79 Å². The maximum atomic E-state index is 13.7. The Morgan fingerprint density at radius 3 is 2.38 bits per heavy atom. The number of aromatic nitrogens is 2. The van der Waals surface area contributed by atoms with Gasteiger partial charge in [0.15, 0.2) is 0 Å². The molecule has 0 saturated heterocycles. The first-order valence-electron chi connectivity index (χ1n) is 12.1. The van der Waals surface area contributed by atoms with Gasteiger partial charge in [-0.2, -0.15) is 5.10 Å². The normalized spacial score (nSPS) is 16.9. The molecule has 1 atom stereocenters. The number of amides is 1. The summed E-state index contributed by atoms with van der Waals surface area (Å²) in [5, 5.41) is 11.6. The number of benzene rings is 2. The van der Waals surface area contributed by atoms with Crippen molar-refractivity contribution >= 4 is 11.7 Å². The molecule has 0 spiro atoms. The number of methoxy groups -OCH3 is 1. The molecule has 34 heavy (non-hydrogen) atoms. The lowest BCUT2D eigenvalue weighted by molar-refractivity contribution is 0.0890. The second-order valence-electron chi connectivity index (χ2n) is 9.91. The fraction of sp³-hybridized carbons (Fsp3) is 0.429. The average Bonchev–Trinajstić information content (AvgIpc) is 3.28. The van der Waals surface area contributed by atoms with Crippen LogP contribution in [0.2, 0.25) is 0 Å². The van der Waals surface area contributed by atoms with Crippen LogP contribution in [0.15, 0.2) is 54.7 Å². The van der Waals surface area contributed by atoms with E-state index in [1.54, 1.807) is 13.3 Å². The van der Waals surface area contributed by atoms with Crippen LogP contribution in [0.5, 0.6) is 5.75 Å². The molecule has 3 aromatic rings. The lowest BCUT2D eigenvalue weighted by atomic mass is 9.84. The second kappa shape index (κ2) is 9.16. The molecule has 0 saturated carbocycles. The van der Waals surface area contributed by atoms with Gasteiger partial charge in [-0.15, -0.1) is 0 Å². The molecule has 0 radical (unpaired) electrons. The Hall–Kier alpha value is -3.28. The van der Waals surface area contributed by atoms with Crippen molar-refractivity contribution in [2.75, 3.05) is 12.4 Å². The zero-order valence-electron chi connectivity index (χ0n) is 21.1. The predicted octanol–water partition coefficient (Wildman–Crippen LogP) is 5.94. The number of fused-ring (bicyclic) bond motifs is 1. The van der Waals surface area contributed by atoms with Gasteiger partial charge in [0.25, 0.3) is 5.91 Å². The van der Waals surface area contributed by atoms with Crippen molar-refractivity contribution in [3.8, 4) is 5.75 Å². The topological polar surface area (TPSA) is 68.2 Å². The molecule has 2 heterocycles. The van der Waals surface area contributed by atoms with Gasteiger partial charge in [0, 0.05) is 0 Å². The van der Waals surface area contributed by atoms with Gasteiger partial charge < -0.3 is 15.4 Å². The number of anilines is 1. The van der Waals surface area contributed by atoms with Crippen LogP contribution < -0.4 is 15.4 Å². The van der Waals surface area contributed by atoms with Gasteiger partial charge in [-0.05, 0) is 63.3 Å². The highest BCUT2D eigenvalue weighted by atomic mass is 16.5. The molecule has 1 aromatic heterocycles. The van der Waals surface area contributed by atoms with E-state index >= 15 is 0 Å². The fourth-order valence-electron chi connectivity index (χ4n) is 5.02. The molecule has 2 N–H and O–H groups in total. The van der Waals surface area contributed by atoms with Crippen molar-refractivity contribution in [2.24, 2.45) is 0 Å². The third-order valence-electron chi connectivity index (χ3n) is 7.28. The number of carbonyl (C=O) groups excluding carboxylic acids is 1. The zero-order chi connectivity index (χ0) is 24.5. The highest BCUT2D eigenvalue weighted by molar-refractivity contribution is 5.99. The Morgan fingerprint density at radius 1 is 1.15 bits per heavy atom. The fourth-order valence-corrected chi connectivity index (χ4v) is 5.02. The van der Waals surface area contributed by atoms with Gasteiger partial charge in [-0.1, -0.05) is 55.8 Å². The number of carbonyl (C=O) groups is 1. The van der Waals surface area contributed by atoms with E-state index in [1.807, 2.05) is 16.8 Å². The van der Waals surface area contributed by atoms with Crippen molar-refractivity contribution in [1.29, 1.82) is 0 Å². The van der Waals surface area contributed by atoms with Gasteiger partial charge in [0.05, 0.1) is 30.4 Å². The number of rotatable bonds is 7. The number of aryl methyl sites for hydroxylation is 1. The van der Waals surface area contributed by atoms with E-state index in [-0.39, 0.29) is 17.5 Å². The van der Waals surface area contributed by atoms with E-state index < -0.39 is 5.54 Å². The maximum Gasteiger partial charge on any atom is 0.257 e. The molecule has 1 amide bonds. The summed E-state index contributed by atoms with van der Waals surface area (Å²) in [6, 6.07) is 16.6. The molecule has 1 unspecified atom stereocenters. The molecule has 4 rings (SSSR count). The third kappa shape index (κ3) is 4.29. The minimum atomic E-state index is -0.431. The Morgan fingerprint density at radius 2 is 1.79 bits per heavy atom. The van der Waals surface area contributed by atoms with Crippen LogP contribution >= 0.6 is 0 Å². The van der Waals surface area contributed by atoms with Crippen molar-refractivity contribution in [1.82, 2.24) is 15.1 Å². The Balaban J connectivity index is 1.66. The number of hydrogen-bond acceptors (Lipinski definition) is 4. The SMILES string of the molecule is CCC(CC)(NC(=O)c1cnn2c1NC(c1ccc(OC)cc1)CC2(C)C)c1ccc(C)cc1.